The van der Waals surface area contributed by atoms with E-state index in [0.717, 1.165) is 55.3 Å². The highest BCUT2D eigenvalue weighted by Crippen LogP contribution is 2.38. The summed E-state index contributed by atoms with van der Waals surface area (Å²) in [5.74, 6) is 6.62. The quantitative estimate of drug-likeness (QED) is 0.0961. The number of hydrogen-bond donors (Lipinski definition) is 7. The van der Waals surface area contributed by atoms with Crippen molar-refractivity contribution in [1.29, 1.82) is 0 Å². The Morgan fingerprint density at radius 1 is 1.04 bits per heavy atom. The number of aliphatic hydroxyl groups is 3. The monoisotopic (exact) mass is 765 g/mol. The molecule has 2 aromatic rings. The van der Waals surface area contributed by atoms with E-state index in [-0.39, 0.29) is 42.5 Å². The van der Waals surface area contributed by atoms with Crippen molar-refractivity contribution < 1.29 is 34.8 Å². The fourth-order valence-corrected chi connectivity index (χ4v) is 8.94. The predicted octanol–water partition coefficient (Wildman–Crippen LogP) is 5.05. The summed E-state index contributed by atoms with van der Waals surface area (Å²) < 4.78 is 5.40. The van der Waals surface area contributed by atoms with Gasteiger partial charge in [-0.1, -0.05) is 73.2 Å². The van der Waals surface area contributed by atoms with Crippen LogP contribution in [0.2, 0.25) is 0 Å². The van der Waals surface area contributed by atoms with Crippen molar-refractivity contribution in [1.82, 2.24) is 10.6 Å². The molecule has 0 aromatic heterocycles. The Hall–Kier alpha value is -4.40. The van der Waals surface area contributed by atoms with Crippen LogP contribution in [0.25, 0.3) is 6.08 Å². The number of fused-ring (bicyclic) bond motifs is 2. The number of nitrogens with one attached hydrogen (secondary N) is 2. The second-order valence-electron chi connectivity index (χ2n) is 16.2. The number of carbonyl (C=O) groups is 2. The van der Waals surface area contributed by atoms with Gasteiger partial charge in [-0.3, -0.25) is 9.59 Å². The maximum absolute atomic E-state index is 13.6. The lowest BCUT2D eigenvalue weighted by molar-refractivity contribution is -0.124. The van der Waals surface area contributed by atoms with Crippen molar-refractivity contribution in [3.63, 3.8) is 0 Å². The summed E-state index contributed by atoms with van der Waals surface area (Å²) in [7, 11) is 1.47. The third-order valence-electron chi connectivity index (χ3n) is 12.2. The third-order valence-corrected chi connectivity index (χ3v) is 12.2. The van der Waals surface area contributed by atoms with Gasteiger partial charge in [0.2, 0.25) is 0 Å². The average Bonchev–Trinajstić information content (AvgIpc) is 3.25. The van der Waals surface area contributed by atoms with E-state index in [4.69, 9.17) is 10.5 Å². The first-order chi connectivity index (χ1) is 27.1. The molecule has 0 bridgehead atoms. The van der Waals surface area contributed by atoms with E-state index in [0.29, 0.717) is 67.3 Å². The number of dihydropyridines is 1. The zero-order valence-corrected chi connectivity index (χ0v) is 32.5. The average molecular weight is 766 g/mol. The van der Waals surface area contributed by atoms with Gasteiger partial charge in [0, 0.05) is 43.7 Å². The molecule has 1 saturated carbocycles. The number of Topliss-reactive ketones (excluding diaryl/α,β-unsaturated/α-hetero) is 2. The van der Waals surface area contributed by atoms with Crippen LogP contribution in [0.4, 0.5) is 0 Å². The number of hydrogen-bond acceptors (Lipinski definition) is 10. The van der Waals surface area contributed by atoms with E-state index in [9.17, 15) is 30.0 Å². The van der Waals surface area contributed by atoms with Gasteiger partial charge in [0.15, 0.2) is 17.3 Å². The van der Waals surface area contributed by atoms with E-state index in [2.05, 4.69) is 22.5 Å². The van der Waals surface area contributed by atoms with Crippen LogP contribution < -0.4 is 21.1 Å². The summed E-state index contributed by atoms with van der Waals surface area (Å²) >= 11 is 0. The molecule has 6 rings (SSSR count). The van der Waals surface area contributed by atoms with Crippen LogP contribution in [-0.2, 0) is 16.0 Å². The first kappa shape index (κ1) is 41.2. The summed E-state index contributed by atoms with van der Waals surface area (Å²) in [5.41, 5.74) is 9.48. The number of aliphatic hydroxyl groups excluding tert-OH is 3. The van der Waals surface area contributed by atoms with Crippen LogP contribution in [0.1, 0.15) is 93.2 Å². The Labute approximate surface area is 331 Å². The second kappa shape index (κ2) is 19.6. The highest BCUT2D eigenvalue weighted by Gasteiger charge is 2.35. The molecule has 1 saturated heterocycles. The minimum atomic E-state index is -1.19. The highest BCUT2D eigenvalue weighted by atomic mass is 16.5. The minimum Gasteiger partial charge on any atom is -0.504 e. The maximum atomic E-state index is 13.6. The molecule has 2 aliphatic heterocycles. The number of nitrogens with two attached hydrogens (primary N) is 1. The molecule has 9 atom stereocenters. The molecule has 2 aromatic carbocycles. The number of carbonyl (C=O) groups excluding carboxylic acids is 2. The number of methoxy groups -OCH3 is 1. The van der Waals surface area contributed by atoms with Crippen LogP contribution in [0.3, 0.4) is 0 Å². The predicted molar refractivity (Wildman–Crippen MR) is 217 cm³/mol. The lowest BCUT2D eigenvalue weighted by Crippen LogP contribution is -2.48. The third kappa shape index (κ3) is 10.9. The molecule has 300 valence electrons. The number of ketones is 2. The van der Waals surface area contributed by atoms with Gasteiger partial charge in [0.25, 0.3) is 0 Å². The number of allylic oxidation sites excluding steroid dienone is 3. The molecule has 9 unspecified atom stereocenters. The van der Waals surface area contributed by atoms with E-state index in [1.54, 1.807) is 12.1 Å². The summed E-state index contributed by atoms with van der Waals surface area (Å²) in [5, 5.41) is 52.1. The molecule has 10 nitrogen and oxygen atoms in total. The molecule has 2 fully saturated rings. The Morgan fingerprint density at radius 2 is 1.86 bits per heavy atom. The Balaban J connectivity index is 1.14. The van der Waals surface area contributed by atoms with Crippen LogP contribution in [0, 0.1) is 35.5 Å². The van der Waals surface area contributed by atoms with Gasteiger partial charge in [-0.05, 0) is 104 Å². The van der Waals surface area contributed by atoms with E-state index >= 15 is 0 Å². The Morgan fingerprint density at radius 3 is 2.64 bits per heavy atom. The zero-order valence-electron chi connectivity index (χ0n) is 32.5. The van der Waals surface area contributed by atoms with E-state index < -0.39 is 30.1 Å². The van der Waals surface area contributed by atoms with Gasteiger partial charge in [0.05, 0.1) is 31.2 Å². The molecule has 0 amide bonds. The number of piperidine rings is 1. The van der Waals surface area contributed by atoms with Gasteiger partial charge in [0.1, 0.15) is 11.7 Å². The van der Waals surface area contributed by atoms with E-state index in [1.165, 1.54) is 7.11 Å². The number of rotatable bonds is 15. The Kier molecular flexibility index (Phi) is 14.5. The molecule has 8 N–H and O–H groups in total. The lowest BCUT2D eigenvalue weighted by atomic mass is 9.74. The number of phenols is 1. The minimum absolute atomic E-state index is 0.0447. The van der Waals surface area contributed by atoms with Crippen molar-refractivity contribution in [3.05, 3.63) is 88.8 Å². The Bertz CT molecular complexity index is 1830. The number of unbranched alkanes of at least 4 members (excludes halogenated alkanes) is 1. The topological polar surface area (TPSA) is 174 Å². The van der Waals surface area contributed by atoms with Gasteiger partial charge in [-0.2, -0.15) is 0 Å². The normalized spacial score (nSPS) is 26.0. The lowest BCUT2D eigenvalue weighted by Gasteiger charge is -2.39. The van der Waals surface area contributed by atoms with Crippen molar-refractivity contribution in [2.45, 2.75) is 107 Å². The zero-order chi connectivity index (χ0) is 39.6. The molecule has 4 aliphatic rings. The SMILES string of the molecule is COc1cc2c(cc1O)C(CC(O)C(O)CC(C=Cc1ccccc1)C1=CCNC(N)=C1)C#CC(C(O)CCCCC1CNC3CC(=O)CCC3C1)C(=O)CC2. The number of benzene rings is 2. The first-order valence-electron chi connectivity index (χ1n) is 20.4. The number of aromatic hydroxyl groups is 1. The maximum Gasteiger partial charge on any atom is 0.160 e. The van der Waals surface area contributed by atoms with Crippen molar-refractivity contribution >= 4 is 17.6 Å². The molecule has 56 heavy (non-hydrogen) atoms. The van der Waals surface area contributed by atoms with E-state index in [1.807, 2.05) is 54.6 Å². The molecule has 10 heteroatoms. The van der Waals surface area contributed by atoms with Crippen molar-refractivity contribution in [3.8, 4) is 23.3 Å². The first-order valence-corrected chi connectivity index (χ1v) is 20.4. The summed E-state index contributed by atoms with van der Waals surface area (Å²) in [6, 6.07) is 13.5. The number of ether oxygens (including phenoxy) is 1. The second-order valence-corrected chi connectivity index (χ2v) is 16.2. The van der Waals surface area contributed by atoms with Gasteiger partial charge in [-0.25, -0.2) is 0 Å². The number of aryl methyl sites for hydroxylation is 1. The molecule has 2 aliphatic carbocycles. The van der Waals surface area contributed by atoms with Crippen LogP contribution in [0.5, 0.6) is 11.5 Å². The van der Waals surface area contributed by atoms with Crippen molar-refractivity contribution in [2.75, 3.05) is 20.2 Å². The summed E-state index contributed by atoms with van der Waals surface area (Å²) in [6.45, 7) is 1.47. The fourth-order valence-electron chi connectivity index (χ4n) is 8.94. The van der Waals surface area contributed by atoms with Gasteiger partial charge < -0.3 is 41.5 Å². The molecular formula is C46H59N3O7. The molecule has 0 radical (unpaired) electrons. The smallest absolute Gasteiger partial charge is 0.160 e. The molecular weight excluding hydrogens is 707 g/mol. The molecule has 2 heterocycles. The molecule has 0 spiro atoms. The highest BCUT2D eigenvalue weighted by molar-refractivity contribution is 5.85. The van der Waals surface area contributed by atoms with Gasteiger partial charge >= 0.3 is 0 Å². The standard InChI is InChI=1S/C46H59N3O7/c1-56-45-24-34-15-18-41(52)37(40(51)10-6-5-9-30-21-35-13-16-36(50)26-39(35)49-28-30)17-14-33(38(34)27-44(45)55)23-43(54)42(53)22-31(32-19-20-48-46(47)25-32)12-11-29-7-3-2-4-8-29/h2-4,7-8,11-12,19,24-25,27,30-31,33,35,37,39-40,42-43,48-49,51,53-55H,5-6,9-10,13,15-16,18,20-23,26,28,47H2,1H3. The van der Waals surface area contributed by atoms with Gasteiger partial charge in [-0.15, -0.1) is 0 Å². The van der Waals surface area contributed by atoms with Crippen LogP contribution in [0.15, 0.2) is 72.1 Å². The summed E-state index contributed by atoms with van der Waals surface area (Å²) in [4.78, 5) is 25.5. The number of phenolic OH excluding ortho intramolecular Hbond substituents is 1. The summed E-state index contributed by atoms with van der Waals surface area (Å²) in [6.07, 6.45) is 12.0. The largest absolute Gasteiger partial charge is 0.504 e. The fraction of sp³-hybridized carbons (Fsp3) is 0.522. The van der Waals surface area contributed by atoms with Crippen molar-refractivity contribution in [2.24, 2.45) is 29.4 Å². The van der Waals surface area contributed by atoms with Crippen LogP contribution >= 0.6 is 0 Å². The van der Waals surface area contributed by atoms with Crippen LogP contribution in [-0.4, -0.2) is 76.5 Å².